The summed E-state index contributed by atoms with van der Waals surface area (Å²) in [5, 5.41) is 13.8. The lowest BCUT2D eigenvalue weighted by molar-refractivity contribution is 0.412. The first-order valence-electron chi connectivity index (χ1n) is 10.1. The molecule has 0 aliphatic carbocycles. The van der Waals surface area contributed by atoms with Gasteiger partial charge >= 0.3 is 0 Å². The third-order valence-electron chi connectivity index (χ3n) is 5.66. The highest BCUT2D eigenvalue weighted by molar-refractivity contribution is 6.30. The summed E-state index contributed by atoms with van der Waals surface area (Å²) in [5.74, 6) is 2.13. The van der Waals surface area contributed by atoms with E-state index in [0.717, 1.165) is 42.3 Å². The van der Waals surface area contributed by atoms with E-state index in [1.54, 1.807) is 19.3 Å². The average Bonchev–Trinajstić information content (AvgIpc) is 3.43. The van der Waals surface area contributed by atoms with E-state index in [-0.39, 0.29) is 11.6 Å². The maximum absolute atomic E-state index is 12.1. The molecule has 0 unspecified atom stereocenters. The van der Waals surface area contributed by atoms with Gasteiger partial charge in [0.05, 0.1) is 6.04 Å². The molecule has 8 nitrogen and oxygen atoms in total. The highest BCUT2D eigenvalue weighted by atomic mass is 35.5. The number of benzene rings is 1. The molecule has 4 heterocycles. The lowest BCUT2D eigenvalue weighted by Crippen LogP contribution is -2.35. The predicted molar refractivity (Wildman–Crippen MR) is 118 cm³/mol. The summed E-state index contributed by atoms with van der Waals surface area (Å²) in [4.78, 5) is 14.2. The van der Waals surface area contributed by atoms with Gasteiger partial charge in [0.1, 0.15) is 5.69 Å². The van der Waals surface area contributed by atoms with Gasteiger partial charge in [0.2, 0.25) is 5.95 Å². The number of rotatable bonds is 4. The first-order valence-corrected chi connectivity index (χ1v) is 10.5. The highest BCUT2D eigenvalue weighted by Crippen LogP contribution is 2.33. The highest BCUT2D eigenvalue weighted by Gasteiger charge is 2.29. The Kier molecular flexibility index (Phi) is 4.86. The molecule has 0 spiro atoms. The number of aryl methyl sites for hydroxylation is 1. The van der Waals surface area contributed by atoms with Crippen LogP contribution in [0.2, 0.25) is 5.02 Å². The maximum Gasteiger partial charge on any atom is 0.250 e. The predicted octanol–water partition coefficient (Wildman–Crippen LogP) is 3.92. The van der Waals surface area contributed by atoms with E-state index >= 15 is 0 Å². The third kappa shape index (κ3) is 3.53. The zero-order valence-electron chi connectivity index (χ0n) is 17.2. The number of aromatic nitrogens is 5. The molecule has 5 rings (SSSR count). The summed E-state index contributed by atoms with van der Waals surface area (Å²) in [6, 6.07) is 12.9. The molecule has 1 aromatic carbocycles. The second-order valence-electron chi connectivity index (χ2n) is 7.69. The number of nitrogens with zero attached hydrogens (tertiary/aromatic N) is 6. The molecule has 0 radical (unpaired) electrons. The minimum absolute atomic E-state index is 0.0589. The van der Waals surface area contributed by atoms with E-state index in [4.69, 9.17) is 16.1 Å². The Morgan fingerprint density at radius 3 is 2.77 bits per heavy atom. The number of fused-ring (bicyclic) bond motifs is 1. The van der Waals surface area contributed by atoms with Crippen LogP contribution in [0, 0.1) is 0 Å². The van der Waals surface area contributed by atoms with Crippen LogP contribution >= 0.6 is 11.6 Å². The number of halogens is 1. The lowest BCUT2D eigenvalue weighted by atomic mass is 10.1. The second-order valence-corrected chi connectivity index (χ2v) is 8.13. The topological polar surface area (TPSA) is 82.0 Å². The first-order chi connectivity index (χ1) is 15.0. The Morgan fingerprint density at radius 1 is 1.10 bits per heavy atom. The van der Waals surface area contributed by atoms with Gasteiger partial charge in [0.25, 0.3) is 5.56 Å². The summed E-state index contributed by atoms with van der Waals surface area (Å²) in [5.41, 5.74) is 2.38. The fourth-order valence-corrected chi connectivity index (χ4v) is 4.09. The van der Waals surface area contributed by atoms with Crippen molar-refractivity contribution < 1.29 is 4.52 Å². The van der Waals surface area contributed by atoms with Gasteiger partial charge < -0.3 is 14.0 Å². The normalized spacial score (nSPS) is 14.5. The fraction of sp³-hybridized carbons (Fsp3) is 0.273. The summed E-state index contributed by atoms with van der Waals surface area (Å²) < 4.78 is 9.19. The van der Waals surface area contributed by atoms with Gasteiger partial charge in [-0.05, 0) is 31.5 Å². The van der Waals surface area contributed by atoms with Crippen molar-refractivity contribution in [3.05, 3.63) is 69.7 Å². The van der Waals surface area contributed by atoms with Crippen LogP contribution in [0.3, 0.4) is 0 Å². The largest absolute Gasteiger partial charge is 0.356 e. The van der Waals surface area contributed by atoms with Crippen molar-refractivity contribution in [1.82, 2.24) is 24.5 Å². The molecule has 4 aromatic rings. The quantitative estimate of drug-likeness (QED) is 0.482. The van der Waals surface area contributed by atoms with Crippen LogP contribution in [-0.2, 0) is 13.6 Å². The standard InChI is InChI=1S/C22H21ClN6O2/c1-14(18-13-19(31-26-18)15-5-3-6-17(23)11-15)28-8-4-9-29-21(24-25-22(28)29)16-7-10-27(2)20(30)12-16/h3,5-7,10-14H,4,8-9H2,1-2H3/t14-/m1/s1. The summed E-state index contributed by atoms with van der Waals surface area (Å²) in [6.45, 7) is 3.69. The summed E-state index contributed by atoms with van der Waals surface area (Å²) >= 11 is 6.10. The van der Waals surface area contributed by atoms with Crippen LogP contribution in [0.1, 0.15) is 25.1 Å². The van der Waals surface area contributed by atoms with Gasteiger partial charge in [0.15, 0.2) is 11.6 Å². The molecule has 0 bridgehead atoms. The molecule has 0 saturated heterocycles. The van der Waals surface area contributed by atoms with E-state index in [0.29, 0.717) is 16.6 Å². The molecule has 0 saturated carbocycles. The second kappa shape index (κ2) is 7.70. The van der Waals surface area contributed by atoms with E-state index in [2.05, 4.69) is 31.7 Å². The Hall–Kier alpha value is -3.39. The van der Waals surface area contributed by atoms with Gasteiger partial charge in [-0.3, -0.25) is 9.36 Å². The molecule has 1 atom stereocenters. The van der Waals surface area contributed by atoms with Crippen LogP contribution in [0.15, 0.2) is 58.0 Å². The average molecular weight is 437 g/mol. The van der Waals surface area contributed by atoms with E-state index < -0.39 is 0 Å². The third-order valence-corrected chi connectivity index (χ3v) is 5.90. The molecule has 158 valence electrons. The van der Waals surface area contributed by atoms with Gasteiger partial charge in [-0.1, -0.05) is 28.9 Å². The molecule has 1 aliphatic rings. The van der Waals surface area contributed by atoms with Crippen molar-refractivity contribution in [2.24, 2.45) is 7.05 Å². The van der Waals surface area contributed by atoms with Crippen molar-refractivity contribution in [2.75, 3.05) is 11.4 Å². The van der Waals surface area contributed by atoms with Crippen molar-refractivity contribution in [3.8, 4) is 22.7 Å². The minimum Gasteiger partial charge on any atom is -0.356 e. The zero-order valence-corrected chi connectivity index (χ0v) is 18.0. The zero-order chi connectivity index (χ0) is 21.5. The van der Waals surface area contributed by atoms with Crippen molar-refractivity contribution >= 4 is 17.5 Å². The van der Waals surface area contributed by atoms with Crippen LogP contribution in [0.25, 0.3) is 22.7 Å². The first kappa shape index (κ1) is 19.6. The minimum atomic E-state index is -0.0768. The monoisotopic (exact) mass is 436 g/mol. The van der Waals surface area contributed by atoms with Crippen LogP contribution < -0.4 is 10.5 Å². The van der Waals surface area contributed by atoms with Crippen molar-refractivity contribution in [1.29, 1.82) is 0 Å². The van der Waals surface area contributed by atoms with E-state index in [1.807, 2.05) is 36.4 Å². The van der Waals surface area contributed by atoms with Crippen molar-refractivity contribution in [2.45, 2.75) is 25.9 Å². The molecule has 3 aromatic heterocycles. The van der Waals surface area contributed by atoms with Gasteiger partial charge in [0, 0.05) is 54.6 Å². The Labute approximate surface area is 183 Å². The molecular weight excluding hydrogens is 416 g/mol. The van der Waals surface area contributed by atoms with Crippen LogP contribution in [0.4, 0.5) is 5.95 Å². The Morgan fingerprint density at radius 2 is 1.97 bits per heavy atom. The van der Waals surface area contributed by atoms with Crippen LogP contribution in [0.5, 0.6) is 0 Å². The Bertz CT molecular complexity index is 1310. The molecule has 9 heteroatoms. The maximum atomic E-state index is 12.1. The van der Waals surface area contributed by atoms with Gasteiger partial charge in [-0.25, -0.2) is 0 Å². The Balaban J connectivity index is 1.46. The number of anilines is 1. The smallest absolute Gasteiger partial charge is 0.250 e. The molecule has 0 fully saturated rings. The number of pyridine rings is 1. The number of hydrogen-bond acceptors (Lipinski definition) is 6. The fourth-order valence-electron chi connectivity index (χ4n) is 3.90. The van der Waals surface area contributed by atoms with Crippen LogP contribution in [-0.4, -0.2) is 31.0 Å². The van der Waals surface area contributed by atoms with Gasteiger partial charge in [-0.2, -0.15) is 0 Å². The summed E-state index contributed by atoms with van der Waals surface area (Å²) in [7, 11) is 1.73. The molecule has 0 amide bonds. The molecular formula is C22H21ClN6O2. The molecule has 1 aliphatic heterocycles. The van der Waals surface area contributed by atoms with Crippen molar-refractivity contribution in [3.63, 3.8) is 0 Å². The summed E-state index contributed by atoms with van der Waals surface area (Å²) in [6.07, 6.45) is 2.68. The molecule has 0 N–H and O–H groups in total. The number of hydrogen-bond donors (Lipinski definition) is 0. The lowest BCUT2D eigenvalue weighted by Gasteiger charge is -2.32. The molecule has 31 heavy (non-hydrogen) atoms. The van der Waals surface area contributed by atoms with E-state index in [9.17, 15) is 4.79 Å². The van der Waals surface area contributed by atoms with E-state index in [1.165, 1.54) is 4.57 Å². The van der Waals surface area contributed by atoms with Gasteiger partial charge in [-0.15, -0.1) is 10.2 Å². The SMILES string of the molecule is C[C@H](c1cc(-c2cccc(Cl)c2)on1)N1CCCn2c(-c3ccn(C)c(=O)c3)nnc21.